The summed E-state index contributed by atoms with van der Waals surface area (Å²) in [7, 11) is 0. The lowest BCUT2D eigenvalue weighted by molar-refractivity contribution is -0.120. The fraction of sp³-hybridized carbons (Fsp3) is 0.200. The van der Waals surface area contributed by atoms with Crippen molar-refractivity contribution in [2.75, 3.05) is 0 Å². The molecule has 0 fully saturated rings. The maximum Gasteiger partial charge on any atom is 0.171 e. The number of H-pyrrole nitrogens is 1. The normalized spacial score (nSPS) is 12.2. The van der Waals surface area contributed by atoms with Gasteiger partial charge in [0.15, 0.2) is 5.78 Å². The van der Waals surface area contributed by atoms with Crippen molar-refractivity contribution in [2.45, 2.75) is 19.8 Å². The van der Waals surface area contributed by atoms with Gasteiger partial charge < -0.3 is 15.2 Å². The Labute approximate surface area is 149 Å². The number of rotatable bonds is 6. The number of hydrogen-bond acceptors (Lipinski definition) is 4. The summed E-state index contributed by atoms with van der Waals surface area (Å²) in [6, 6.07) is 8.38. The van der Waals surface area contributed by atoms with Crippen molar-refractivity contribution in [2.24, 2.45) is 5.92 Å². The van der Waals surface area contributed by atoms with Crippen molar-refractivity contribution in [3.05, 3.63) is 59.5 Å². The molecule has 5 nitrogen and oxygen atoms in total. The van der Waals surface area contributed by atoms with Crippen LogP contribution in [0.15, 0.2) is 42.6 Å². The van der Waals surface area contributed by atoms with Gasteiger partial charge >= 0.3 is 0 Å². The summed E-state index contributed by atoms with van der Waals surface area (Å²) in [6.07, 6.45) is 1.84. The van der Waals surface area contributed by atoms with E-state index < -0.39 is 11.7 Å². The van der Waals surface area contributed by atoms with Crippen LogP contribution in [0, 0.1) is 11.7 Å². The maximum atomic E-state index is 13.3. The molecule has 0 aliphatic carbocycles. The van der Waals surface area contributed by atoms with E-state index in [1.807, 2.05) is 0 Å². The first kappa shape index (κ1) is 17.7. The Kier molecular flexibility index (Phi) is 4.75. The molecule has 134 valence electrons. The van der Waals surface area contributed by atoms with Crippen molar-refractivity contribution < 1.29 is 24.2 Å². The van der Waals surface area contributed by atoms with Crippen LogP contribution in [0.25, 0.3) is 10.9 Å². The molecule has 0 spiro atoms. The Morgan fingerprint density at radius 1 is 1.15 bits per heavy atom. The number of carbonyl (C=O) groups is 2. The minimum absolute atomic E-state index is 0.145. The third kappa shape index (κ3) is 3.44. The number of Topliss-reactive ketones (excluding diaryl/α,β-unsaturated/α-hetero) is 2. The lowest BCUT2D eigenvalue weighted by Gasteiger charge is -2.14. The molecule has 0 aliphatic rings. The number of aromatic amines is 1. The number of aromatic nitrogens is 1. The number of fused-ring (bicyclic) bond motifs is 1. The third-order valence-electron chi connectivity index (χ3n) is 4.50. The summed E-state index contributed by atoms with van der Waals surface area (Å²) in [5, 5.41) is 20.4. The smallest absolute Gasteiger partial charge is 0.171 e. The van der Waals surface area contributed by atoms with Gasteiger partial charge in [0.05, 0.1) is 0 Å². The Balaban J connectivity index is 1.85. The zero-order chi connectivity index (χ0) is 18.8. The average Bonchev–Trinajstić information content (AvgIpc) is 2.96. The number of benzene rings is 2. The molecule has 3 N–H and O–H groups in total. The van der Waals surface area contributed by atoms with E-state index >= 15 is 0 Å². The van der Waals surface area contributed by atoms with Crippen molar-refractivity contribution in [1.29, 1.82) is 0 Å². The zero-order valence-corrected chi connectivity index (χ0v) is 14.1. The molecule has 0 saturated carbocycles. The molecular formula is C20H18FNO4. The topological polar surface area (TPSA) is 90.4 Å². The Morgan fingerprint density at radius 3 is 2.50 bits per heavy atom. The second-order valence-electron chi connectivity index (χ2n) is 6.31. The van der Waals surface area contributed by atoms with Gasteiger partial charge in [-0.15, -0.1) is 0 Å². The van der Waals surface area contributed by atoms with Crippen LogP contribution in [0.3, 0.4) is 0 Å². The first-order chi connectivity index (χ1) is 12.4. The van der Waals surface area contributed by atoms with Crippen LogP contribution >= 0.6 is 0 Å². The lowest BCUT2D eigenvalue weighted by atomic mass is 9.89. The lowest BCUT2D eigenvalue weighted by Crippen LogP contribution is -2.18. The Hall–Kier alpha value is -3.15. The van der Waals surface area contributed by atoms with Crippen molar-refractivity contribution in [1.82, 2.24) is 4.98 Å². The molecule has 0 aliphatic heterocycles. The van der Waals surface area contributed by atoms with E-state index in [0.717, 1.165) is 10.9 Å². The summed E-state index contributed by atoms with van der Waals surface area (Å²) >= 11 is 0. The molecular weight excluding hydrogens is 337 g/mol. The molecule has 26 heavy (non-hydrogen) atoms. The predicted molar refractivity (Wildman–Crippen MR) is 94.9 cm³/mol. The first-order valence-electron chi connectivity index (χ1n) is 8.17. The summed E-state index contributed by atoms with van der Waals surface area (Å²) in [5.41, 5.74) is 1.24. The summed E-state index contributed by atoms with van der Waals surface area (Å²) in [6.45, 7) is 1.40. The molecule has 1 heterocycles. The van der Waals surface area contributed by atoms with Crippen LogP contribution in [-0.4, -0.2) is 26.8 Å². The van der Waals surface area contributed by atoms with E-state index in [-0.39, 0.29) is 35.1 Å². The van der Waals surface area contributed by atoms with Gasteiger partial charge in [0.1, 0.15) is 28.7 Å². The van der Waals surface area contributed by atoms with Gasteiger partial charge in [-0.2, -0.15) is 0 Å². The van der Waals surface area contributed by atoms with Gasteiger partial charge in [0.2, 0.25) is 0 Å². The fourth-order valence-corrected chi connectivity index (χ4v) is 3.09. The molecule has 3 aromatic rings. The quantitative estimate of drug-likeness (QED) is 0.588. The van der Waals surface area contributed by atoms with Crippen molar-refractivity contribution in [3.8, 4) is 11.5 Å². The summed E-state index contributed by atoms with van der Waals surface area (Å²) in [4.78, 5) is 27.5. The molecule has 1 atom stereocenters. The van der Waals surface area contributed by atoms with E-state index in [2.05, 4.69) is 4.98 Å². The third-order valence-corrected chi connectivity index (χ3v) is 4.50. The molecule has 0 radical (unpaired) electrons. The highest BCUT2D eigenvalue weighted by Gasteiger charge is 2.24. The molecule has 2 aromatic carbocycles. The molecule has 0 bridgehead atoms. The second kappa shape index (κ2) is 7.00. The van der Waals surface area contributed by atoms with E-state index in [0.29, 0.717) is 11.9 Å². The van der Waals surface area contributed by atoms with Gasteiger partial charge in [0, 0.05) is 29.4 Å². The highest BCUT2D eigenvalue weighted by Crippen LogP contribution is 2.30. The molecule has 0 saturated heterocycles. The number of ketones is 2. The molecule has 0 amide bonds. The summed E-state index contributed by atoms with van der Waals surface area (Å²) in [5.74, 6) is -2.30. The monoisotopic (exact) mass is 355 g/mol. The first-order valence-corrected chi connectivity index (χ1v) is 8.17. The van der Waals surface area contributed by atoms with Crippen LogP contribution in [0.2, 0.25) is 0 Å². The Morgan fingerprint density at radius 2 is 1.85 bits per heavy atom. The van der Waals surface area contributed by atoms with Gasteiger partial charge in [0.25, 0.3) is 0 Å². The van der Waals surface area contributed by atoms with E-state index in [9.17, 15) is 24.2 Å². The largest absolute Gasteiger partial charge is 0.507 e. The zero-order valence-electron chi connectivity index (χ0n) is 14.1. The van der Waals surface area contributed by atoms with Gasteiger partial charge in [-0.25, -0.2) is 4.39 Å². The Bertz CT molecular complexity index is 972. The van der Waals surface area contributed by atoms with Crippen LogP contribution < -0.4 is 0 Å². The number of carbonyl (C=O) groups excluding carboxylic acids is 2. The van der Waals surface area contributed by atoms with Crippen molar-refractivity contribution >= 4 is 22.5 Å². The highest BCUT2D eigenvalue weighted by molar-refractivity contribution is 6.03. The number of nitrogens with one attached hydrogen (secondary N) is 1. The van der Waals surface area contributed by atoms with E-state index in [1.54, 1.807) is 12.3 Å². The highest BCUT2D eigenvalue weighted by atomic mass is 19.1. The van der Waals surface area contributed by atoms with Gasteiger partial charge in [-0.3, -0.25) is 9.59 Å². The molecule has 1 unspecified atom stereocenters. The maximum absolute atomic E-state index is 13.3. The second-order valence-corrected chi connectivity index (χ2v) is 6.31. The van der Waals surface area contributed by atoms with E-state index in [1.165, 1.54) is 37.3 Å². The van der Waals surface area contributed by atoms with Crippen LogP contribution in [0.4, 0.5) is 4.39 Å². The molecule has 1 aromatic heterocycles. The number of aromatic hydroxyl groups is 2. The number of phenols is 2. The van der Waals surface area contributed by atoms with Gasteiger partial charge in [-0.1, -0.05) is 6.07 Å². The molecule has 6 heteroatoms. The minimum atomic E-state index is -0.620. The predicted octanol–water partition coefficient (Wildman–Crippen LogP) is 3.74. The van der Waals surface area contributed by atoms with Crippen LogP contribution in [0.1, 0.15) is 29.3 Å². The SMILES string of the molecule is CC(=O)C(CC(=O)c1c(O)cccc1O)Cc1c[nH]c2cc(F)ccc12. The number of phenolic OH excluding ortho intramolecular Hbond substituents is 2. The fourth-order valence-electron chi connectivity index (χ4n) is 3.09. The van der Waals surface area contributed by atoms with Gasteiger partial charge in [-0.05, 0) is 49.2 Å². The number of hydrogen-bond donors (Lipinski definition) is 3. The summed E-state index contributed by atoms with van der Waals surface area (Å²) < 4.78 is 13.3. The average molecular weight is 355 g/mol. The minimum Gasteiger partial charge on any atom is -0.507 e. The molecule has 3 rings (SSSR count). The van der Waals surface area contributed by atoms with Crippen LogP contribution in [-0.2, 0) is 11.2 Å². The number of halogens is 1. The standard InChI is InChI=1S/C20H18FNO4/c1-11(23)12(8-19(26)20-17(24)3-2-4-18(20)25)7-13-10-22-16-9-14(21)5-6-15(13)16/h2-6,9-10,12,22,24-25H,7-8H2,1H3. The van der Waals surface area contributed by atoms with Crippen LogP contribution in [0.5, 0.6) is 11.5 Å². The van der Waals surface area contributed by atoms with Crippen molar-refractivity contribution in [3.63, 3.8) is 0 Å². The van der Waals surface area contributed by atoms with E-state index in [4.69, 9.17) is 0 Å².